The van der Waals surface area contributed by atoms with E-state index in [1.807, 2.05) is 0 Å². The second kappa shape index (κ2) is 6.12. The second-order valence-corrected chi connectivity index (χ2v) is 4.55. The zero-order valence-electron chi connectivity index (χ0n) is 9.88. The SMILES string of the molecule is Cl.N#CC1(Cc2cc(F)ccc2F)CCNCC1. The van der Waals surface area contributed by atoms with E-state index in [-0.39, 0.29) is 18.8 Å². The number of piperidine rings is 1. The van der Waals surface area contributed by atoms with Gasteiger partial charge in [-0.25, -0.2) is 8.78 Å². The van der Waals surface area contributed by atoms with Gasteiger partial charge >= 0.3 is 0 Å². The lowest BCUT2D eigenvalue weighted by molar-refractivity contribution is 0.277. The summed E-state index contributed by atoms with van der Waals surface area (Å²) >= 11 is 0. The molecule has 1 aliphatic rings. The molecule has 0 atom stereocenters. The standard InChI is InChI=1S/C13H14F2N2.ClH/c14-11-1-2-12(15)10(7-11)8-13(9-16)3-5-17-6-4-13;/h1-2,7,17H,3-6,8H2;1H. The van der Waals surface area contributed by atoms with E-state index < -0.39 is 17.0 Å². The molecule has 1 saturated heterocycles. The topological polar surface area (TPSA) is 35.8 Å². The molecule has 0 spiro atoms. The molecule has 18 heavy (non-hydrogen) atoms. The van der Waals surface area contributed by atoms with Crippen molar-refractivity contribution in [1.29, 1.82) is 5.26 Å². The molecule has 1 fully saturated rings. The average Bonchev–Trinajstić information content (AvgIpc) is 2.35. The van der Waals surface area contributed by atoms with Crippen molar-refractivity contribution >= 4 is 12.4 Å². The molecule has 0 aliphatic carbocycles. The first kappa shape index (κ1) is 14.9. The van der Waals surface area contributed by atoms with Gasteiger partial charge in [-0.2, -0.15) is 5.26 Å². The number of nitrogens with one attached hydrogen (secondary N) is 1. The Balaban J connectivity index is 0.00000162. The molecule has 1 aliphatic heterocycles. The maximum Gasteiger partial charge on any atom is 0.126 e. The molecule has 0 saturated carbocycles. The summed E-state index contributed by atoms with van der Waals surface area (Å²) in [5.74, 6) is -0.886. The van der Waals surface area contributed by atoms with Crippen LogP contribution in [0.4, 0.5) is 8.78 Å². The zero-order valence-corrected chi connectivity index (χ0v) is 10.7. The van der Waals surface area contributed by atoms with Crippen LogP contribution in [-0.2, 0) is 6.42 Å². The van der Waals surface area contributed by atoms with Crippen LogP contribution in [0.5, 0.6) is 0 Å². The fourth-order valence-electron chi connectivity index (χ4n) is 2.28. The van der Waals surface area contributed by atoms with Crippen LogP contribution in [0.15, 0.2) is 18.2 Å². The predicted octanol–water partition coefficient (Wildman–Crippen LogP) is 2.82. The normalized spacial score (nSPS) is 17.6. The molecule has 0 bridgehead atoms. The van der Waals surface area contributed by atoms with Gasteiger partial charge in [0.15, 0.2) is 0 Å². The lowest BCUT2D eigenvalue weighted by Crippen LogP contribution is -2.37. The van der Waals surface area contributed by atoms with Crippen LogP contribution in [0.25, 0.3) is 0 Å². The summed E-state index contributed by atoms with van der Waals surface area (Å²) in [6.07, 6.45) is 1.65. The summed E-state index contributed by atoms with van der Waals surface area (Å²) in [5.41, 5.74) is -0.256. The lowest BCUT2D eigenvalue weighted by atomic mass is 9.75. The van der Waals surface area contributed by atoms with Gasteiger partial charge in [-0.1, -0.05) is 0 Å². The summed E-state index contributed by atoms with van der Waals surface area (Å²) < 4.78 is 26.6. The molecule has 1 aromatic carbocycles. The average molecular weight is 273 g/mol. The van der Waals surface area contributed by atoms with E-state index >= 15 is 0 Å². The number of benzene rings is 1. The van der Waals surface area contributed by atoms with Gasteiger partial charge in [-0.15, -0.1) is 12.4 Å². The number of nitrogens with zero attached hydrogens (tertiary/aromatic N) is 1. The molecule has 0 radical (unpaired) electrons. The molecule has 98 valence electrons. The van der Waals surface area contributed by atoms with Crippen LogP contribution in [-0.4, -0.2) is 13.1 Å². The lowest BCUT2D eigenvalue weighted by Gasteiger charge is -2.31. The van der Waals surface area contributed by atoms with Gasteiger partial charge in [0.1, 0.15) is 11.6 Å². The molecule has 1 N–H and O–H groups in total. The van der Waals surface area contributed by atoms with Gasteiger partial charge in [0.25, 0.3) is 0 Å². The molecule has 2 rings (SSSR count). The Labute approximate surface area is 111 Å². The highest BCUT2D eigenvalue weighted by atomic mass is 35.5. The fraction of sp³-hybridized carbons (Fsp3) is 0.462. The highest BCUT2D eigenvalue weighted by molar-refractivity contribution is 5.85. The van der Waals surface area contributed by atoms with Crippen LogP contribution in [0.3, 0.4) is 0 Å². The maximum absolute atomic E-state index is 13.5. The molecular formula is C13H15ClF2N2. The molecule has 0 amide bonds. The minimum absolute atomic E-state index is 0. The van der Waals surface area contributed by atoms with Crippen molar-refractivity contribution in [1.82, 2.24) is 5.32 Å². The van der Waals surface area contributed by atoms with Crippen LogP contribution < -0.4 is 5.32 Å². The number of hydrogen-bond acceptors (Lipinski definition) is 2. The van der Waals surface area contributed by atoms with Gasteiger partial charge in [0.05, 0.1) is 11.5 Å². The van der Waals surface area contributed by atoms with Crippen molar-refractivity contribution in [3.05, 3.63) is 35.4 Å². The van der Waals surface area contributed by atoms with Gasteiger partial charge in [-0.3, -0.25) is 0 Å². The Kier molecular flexibility index (Phi) is 5.06. The van der Waals surface area contributed by atoms with Gasteiger partial charge < -0.3 is 5.32 Å². The fourth-order valence-corrected chi connectivity index (χ4v) is 2.28. The monoisotopic (exact) mass is 272 g/mol. The zero-order chi connectivity index (χ0) is 12.3. The van der Waals surface area contributed by atoms with E-state index in [1.165, 1.54) is 6.07 Å². The van der Waals surface area contributed by atoms with Crippen molar-refractivity contribution in [3.63, 3.8) is 0 Å². The van der Waals surface area contributed by atoms with Crippen LogP contribution in [0.2, 0.25) is 0 Å². The predicted molar refractivity (Wildman–Crippen MR) is 67.5 cm³/mol. The summed E-state index contributed by atoms with van der Waals surface area (Å²) in [5, 5.41) is 12.4. The first-order valence-corrected chi connectivity index (χ1v) is 5.71. The Morgan fingerprint density at radius 3 is 2.56 bits per heavy atom. The minimum atomic E-state index is -0.556. The third-order valence-electron chi connectivity index (χ3n) is 3.33. The Bertz CT molecular complexity index is 451. The van der Waals surface area contributed by atoms with E-state index in [1.54, 1.807) is 0 Å². The summed E-state index contributed by atoms with van der Waals surface area (Å²) in [6.45, 7) is 1.51. The van der Waals surface area contributed by atoms with Gasteiger partial charge in [-0.05, 0) is 56.1 Å². The maximum atomic E-state index is 13.5. The highest BCUT2D eigenvalue weighted by Gasteiger charge is 2.33. The Morgan fingerprint density at radius 1 is 1.28 bits per heavy atom. The first-order valence-electron chi connectivity index (χ1n) is 5.71. The van der Waals surface area contributed by atoms with Crippen molar-refractivity contribution in [3.8, 4) is 6.07 Å². The Hall–Kier alpha value is -1.18. The minimum Gasteiger partial charge on any atom is -0.317 e. The molecule has 0 unspecified atom stereocenters. The van der Waals surface area contributed by atoms with E-state index in [0.717, 1.165) is 25.2 Å². The third-order valence-corrected chi connectivity index (χ3v) is 3.33. The second-order valence-electron chi connectivity index (χ2n) is 4.55. The van der Waals surface area contributed by atoms with E-state index in [2.05, 4.69) is 11.4 Å². The molecule has 5 heteroatoms. The van der Waals surface area contributed by atoms with Gasteiger partial charge in [0, 0.05) is 0 Å². The van der Waals surface area contributed by atoms with Crippen molar-refractivity contribution < 1.29 is 8.78 Å². The number of hydrogen-bond donors (Lipinski definition) is 1. The molecular weight excluding hydrogens is 258 g/mol. The summed E-state index contributed by atoms with van der Waals surface area (Å²) in [7, 11) is 0. The van der Waals surface area contributed by atoms with E-state index in [0.29, 0.717) is 18.4 Å². The number of rotatable bonds is 2. The third kappa shape index (κ3) is 3.18. The van der Waals surface area contributed by atoms with Crippen LogP contribution >= 0.6 is 12.4 Å². The van der Waals surface area contributed by atoms with E-state index in [9.17, 15) is 14.0 Å². The molecule has 1 aromatic rings. The van der Waals surface area contributed by atoms with Crippen LogP contribution in [0, 0.1) is 28.4 Å². The summed E-state index contributed by atoms with van der Waals surface area (Å²) in [6, 6.07) is 5.69. The smallest absolute Gasteiger partial charge is 0.126 e. The quantitative estimate of drug-likeness (QED) is 0.899. The van der Waals surface area contributed by atoms with Crippen LogP contribution in [0.1, 0.15) is 18.4 Å². The molecule has 2 nitrogen and oxygen atoms in total. The van der Waals surface area contributed by atoms with Crippen molar-refractivity contribution in [2.75, 3.05) is 13.1 Å². The number of halogens is 3. The number of nitriles is 1. The largest absolute Gasteiger partial charge is 0.317 e. The Morgan fingerprint density at radius 2 is 1.94 bits per heavy atom. The van der Waals surface area contributed by atoms with E-state index in [4.69, 9.17) is 0 Å². The van der Waals surface area contributed by atoms with Crippen molar-refractivity contribution in [2.45, 2.75) is 19.3 Å². The van der Waals surface area contributed by atoms with Crippen molar-refractivity contribution in [2.24, 2.45) is 5.41 Å². The molecule has 1 heterocycles. The summed E-state index contributed by atoms with van der Waals surface area (Å²) in [4.78, 5) is 0. The van der Waals surface area contributed by atoms with Gasteiger partial charge in [0.2, 0.25) is 0 Å². The highest BCUT2D eigenvalue weighted by Crippen LogP contribution is 2.33. The first-order chi connectivity index (χ1) is 8.15. The molecule has 0 aromatic heterocycles.